The van der Waals surface area contributed by atoms with Crippen molar-refractivity contribution < 1.29 is 14.1 Å². The maximum atomic E-state index is 13.6. The normalized spacial score (nSPS) is 10.1. The minimum absolute atomic E-state index is 0.348. The summed E-state index contributed by atoms with van der Waals surface area (Å²) in [5.41, 5.74) is 0.247. The molecule has 0 atom stereocenters. The van der Waals surface area contributed by atoms with Gasteiger partial charge in [0.05, 0.1) is 21.9 Å². The number of aryl methyl sites for hydroxylation is 1. The second-order valence-corrected chi connectivity index (χ2v) is 4.01. The topological polar surface area (TPSA) is 85.1 Å². The van der Waals surface area contributed by atoms with E-state index in [-0.39, 0.29) is 11.3 Å². The standard InChI is InChI=1S/C13H10FN3O3/c1-8-12(3-2-6-15-8)16-13(18)10-7-9(17(19)20)4-5-11(10)14/h2-7H,1H3,(H,16,18). The lowest BCUT2D eigenvalue weighted by molar-refractivity contribution is -0.384. The van der Waals surface area contributed by atoms with Gasteiger partial charge in [0.1, 0.15) is 5.82 Å². The van der Waals surface area contributed by atoms with Crippen molar-refractivity contribution in [2.75, 3.05) is 5.32 Å². The first-order valence-electron chi connectivity index (χ1n) is 5.66. The van der Waals surface area contributed by atoms with E-state index < -0.39 is 16.6 Å². The Morgan fingerprint density at radius 3 is 2.80 bits per heavy atom. The fourth-order valence-electron chi connectivity index (χ4n) is 1.61. The number of nitrogens with one attached hydrogen (secondary N) is 1. The second-order valence-electron chi connectivity index (χ2n) is 4.01. The van der Waals surface area contributed by atoms with Gasteiger partial charge in [-0.1, -0.05) is 0 Å². The van der Waals surface area contributed by atoms with Gasteiger partial charge in [-0.15, -0.1) is 0 Å². The maximum Gasteiger partial charge on any atom is 0.270 e. The molecule has 1 aromatic carbocycles. The summed E-state index contributed by atoms with van der Waals surface area (Å²) in [6, 6.07) is 6.02. The van der Waals surface area contributed by atoms with Gasteiger partial charge in [0.2, 0.25) is 0 Å². The molecule has 20 heavy (non-hydrogen) atoms. The zero-order valence-corrected chi connectivity index (χ0v) is 10.5. The Hall–Kier alpha value is -2.83. The van der Waals surface area contributed by atoms with Crippen LogP contribution in [0.25, 0.3) is 0 Å². The van der Waals surface area contributed by atoms with Gasteiger partial charge >= 0.3 is 0 Å². The first-order valence-corrected chi connectivity index (χ1v) is 5.66. The van der Waals surface area contributed by atoms with Crippen LogP contribution >= 0.6 is 0 Å². The average Bonchev–Trinajstić information content (AvgIpc) is 2.41. The Balaban J connectivity index is 2.32. The lowest BCUT2D eigenvalue weighted by Crippen LogP contribution is -2.15. The highest BCUT2D eigenvalue weighted by Crippen LogP contribution is 2.19. The van der Waals surface area contributed by atoms with Crippen molar-refractivity contribution in [1.29, 1.82) is 0 Å². The van der Waals surface area contributed by atoms with Crippen LogP contribution in [0, 0.1) is 22.9 Å². The highest BCUT2D eigenvalue weighted by atomic mass is 19.1. The molecular formula is C13H10FN3O3. The van der Waals surface area contributed by atoms with Crippen LogP contribution in [0.1, 0.15) is 16.1 Å². The Morgan fingerprint density at radius 2 is 2.15 bits per heavy atom. The molecule has 1 N–H and O–H groups in total. The van der Waals surface area contributed by atoms with Crippen molar-refractivity contribution >= 4 is 17.3 Å². The zero-order valence-electron chi connectivity index (χ0n) is 10.5. The van der Waals surface area contributed by atoms with E-state index in [1.165, 1.54) is 0 Å². The molecule has 0 fully saturated rings. The number of amides is 1. The third kappa shape index (κ3) is 2.77. The predicted octanol–water partition coefficient (Wildman–Crippen LogP) is 2.69. The molecule has 1 amide bonds. The Bertz CT molecular complexity index is 688. The van der Waals surface area contributed by atoms with E-state index >= 15 is 0 Å². The van der Waals surface area contributed by atoms with Gasteiger partial charge in [0.15, 0.2) is 0 Å². The van der Waals surface area contributed by atoms with Crippen LogP contribution in [0.2, 0.25) is 0 Å². The third-order valence-electron chi connectivity index (χ3n) is 2.66. The van der Waals surface area contributed by atoms with Crippen LogP contribution in [0.3, 0.4) is 0 Å². The molecule has 0 unspecified atom stereocenters. The number of aromatic nitrogens is 1. The molecule has 1 aromatic heterocycles. The molecule has 1 heterocycles. The van der Waals surface area contributed by atoms with E-state index in [4.69, 9.17) is 0 Å². The summed E-state index contributed by atoms with van der Waals surface area (Å²) < 4.78 is 13.6. The molecule has 102 valence electrons. The number of nitrogens with zero attached hydrogens (tertiary/aromatic N) is 2. The van der Waals surface area contributed by atoms with Crippen molar-refractivity contribution in [3.8, 4) is 0 Å². The summed E-state index contributed by atoms with van der Waals surface area (Å²) in [6.45, 7) is 1.68. The van der Waals surface area contributed by atoms with E-state index in [0.717, 1.165) is 18.2 Å². The average molecular weight is 275 g/mol. The fourth-order valence-corrected chi connectivity index (χ4v) is 1.61. The Labute approximate surface area is 113 Å². The Morgan fingerprint density at radius 1 is 1.40 bits per heavy atom. The lowest BCUT2D eigenvalue weighted by atomic mass is 10.1. The SMILES string of the molecule is Cc1ncccc1NC(=O)c1cc([N+](=O)[O-])ccc1F. The molecule has 0 aliphatic rings. The molecule has 0 aliphatic heterocycles. The maximum absolute atomic E-state index is 13.6. The van der Waals surface area contributed by atoms with Crippen LogP contribution in [0.4, 0.5) is 15.8 Å². The number of non-ortho nitro benzene ring substituents is 1. The van der Waals surface area contributed by atoms with E-state index in [2.05, 4.69) is 10.3 Å². The van der Waals surface area contributed by atoms with Gasteiger partial charge < -0.3 is 5.32 Å². The smallest absolute Gasteiger partial charge is 0.270 e. The molecule has 2 rings (SSSR count). The number of carbonyl (C=O) groups is 1. The number of nitro benzene ring substituents is 1. The van der Waals surface area contributed by atoms with Gasteiger partial charge in [-0.05, 0) is 25.1 Å². The number of benzene rings is 1. The van der Waals surface area contributed by atoms with E-state index in [1.54, 1.807) is 25.3 Å². The summed E-state index contributed by atoms with van der Waals surface area (Å²) in [5.74, 6) is -1.59. The van der Waals surface area contributed by atoms with Crippen LogP contribution < -0.4 is 5.32 Å². The van der Waals surface area contributed by atoms with Crippen molar-refractivity contribution in [3.05, 3.63) is 63.7 Å². The molecule has 6 nitrogen and oxygen atoms in total. The minimum atomic E-state index is -0.824. The monoisotopic (exact) mass is 275 g/mol. The quantitative estimate of drug-likeness (QED) is 0.689. The molecule has 0 aliphatic carbocycles. The van der Waals surface area contributed by atoms with Crippen molar-refractivity contribution in [1.82, 2.24) is 4.98 Å². The summed E-state index contributed by atoms with van der Waals surface area (Å²) in [6.07, 6.45) is 1.55. The summed E-state index contributed by atoms with van der Waals surface area (Å²) >= 11 is 0. The van der Waals surface area contributed by atoms with Crippen LogP contribution in [-0.2, 0) is 0 Å². The number of hydrogen-bond donors (Lipinski definition) is 1. The Kier molecular flexibility index (Phi) is 3.69. The van der Waals surface area contributed by atoms with E-state index in [9.17, 15) is 19.3 Å². The number of hydrogen-bond acceptors (Lipinski definition) is 4. The predicted molar refractivity (Wildman–Crippen MR) is 70.0 cm³/mol. The van der Waals surface area contributed by atoms with Gasteiger partial charge in [0, 0.05) is 18.3 Å². The first-order chi connectivity index (χ1) is 9.49. The molecule has 7 heteroatoms. The number of pyridine rings is 1. The van der Waals surface area contributed by atoms with Crippen LogP contribution in [-0.4, -0.2) is 15.8 Å². The molecular weight excluding hydrogens is 265 g/mol. The highest BCUT2D eigenvalue weighted by molar-refractivity contribution is 6.05. The van der Waals surface area contributed by atoms with E-state index in [1.807, 2.05) is 0 Å². The zero-order chi connectivity index (χ0) is 14.7. The van der Waals surface area contributed by atoms with Crippen LogP contribution in [0.15, 0.2) is 36.5 Å². The van der Waals surface area contributed by atoms with Crippen molar-refractivity contribution in [2.24, 2.45) is 0 Å². The summed E-state index contributed by atoms with van der Waals surface area (Å²) in [5, 5.41) is 13.1. The largest absolute Gasteiger partial charge is 0.320 e. The van der Waals surface area contributed by atoms with Gasteiger partial charge in [-0.3, -0.25) is 19.9 Å². The van der Waals surface area contributed by atoms with Crippen molar-refractivity contribution in [3.63, 3.8) is 0 Å². The number of rotatable bonds is 3. The second kappa shape index (κ2) is 5.43. The number of halogens is 1. The molecule has 0 saturated heterocycles. The minimum Gasteiger partial charge on any atom is -0.320 e. The number of carbonyl (C=O) groups excluding carboxylic acids is 1. The molecule has 0 spiro atoms. The molecule has 0 bridgehead atoms. The molecule has 2 aromatic rings. The van der Waals surface area contributed by atoms with Gasteiger partial charge in [-0.2, -0.15) is 0 Å². The van der Waals surface area contributed by atoms with E-state index in [0.29, 0.717) is 11.4 Å². The lowest BCUT2D eigenvalue weighted by Gasteiger charge is -2.07. The first kappa shape index (κ1) is 13.6. The van der Waals surface area contributed by atoms with Crippen molar-refractivity contribution in [2.45, 2.75) is 6.92 Å². The summed E-state index contributed by atoms with van der Waals surface area (Å²) in [7, 11) is 0. The summed E-state index contributed by atoms with van der Waals surface area (Å²) in [4.78, 5) is 25.9. The highest BCUT2D eigenvalue weighted by Gasteiger charge is 2.17. The van der Waals surface area contributed by atoms with Gasteiger partial charge in [-0.25, -0.2) is 4.39 Å². The molecule has 0 radical (unpaired) electrons. The van der Waals surface area contributed by atoms with Crippen LogP contribution in [0.5, 0.6) is 0 Å². The fraction of sp³-hybridized carbons (Fsp3) is 0.0769. The number of nitro groups is 1. The number of anilines is 1. The molecule has 0 saturated carbocycles. The van der Waals surface area contributed by atoms with Gasteiger partial charge in [0.25, 0.3) is 11.6 Å². The third-order valence-corrected chi connectivity index (χ3v) is 2.66.